The van der Waals surface area contributed by atoms with Crippen LogP contribution in [0.4, 0.5) is 5.82 Å². The molecule has 1 aromatic heterocycles. The van der Waals surface area contributed by atoms with Gasteiger partial charge in [0, 0.05) is 6.04 Å². The van der Waals surface area contributed by atoms with E-state index in [-0.39, 0.29) is 5.15 Å². The summed E-state index contributed by atoms with van der Waals surface area (Å²) >= 11 is 5.85. The van der Waals surface area contributed by atoms with Crippen LogP contribution in [0, 0.1) is 5.41 Å². The summed E-state index contributed by atoms with van der Waals surface area (Å²) in [6, 6.07) is 0.356. The van der Waals surface area contributed by atoms with Crippen molar-refractivity contribution in [2.45, 2.75) is 39.2 Å². The maximum Gasteiger partial charge on any atom is 0.156 e. The minimum Gasteiger partial charge on any atom is -0.367 e. The average molecular weight is 254 g/mol. The number of halogens is 1. The molecule has 1 unspecified atom stereocenters. The topological polar surface area (TPSA) is 54.9 Å². The smallest absolute Gasteiger partial charge is 0.156 e. The molecule has 1 fully saturated rings. The molecule has 4 nitrogen and oxygen atoms in total. The van der Waals surface area contributed by atoms with Gasteiger partial charge < -0.3 is 5.32 Å². The van der Waals surface area contributed by atoms with Crippen LogP contribution >= 0.6 is 11.6 Å². The summed E-state index contributed by atoms with van der Waals surface area (Å²) in [7, 11) is 0. The summed E-state index contributed by atoms with van der Waals surface area (Å²) in [6.07, 6.45) is 5.42. The predicted molar refractivity (Wildman–Crippen MR) is 67.5 cm³/mol. The zero-order valence-electron chi connectivity index (χ0n) is 10.0. The van der Waals surface area contributed by atoms with Crippen LogP contribution in [-0.4, -0.2) is 22.3 Å². The highest BCUT2D eigenvalue weighted by Crippen LogP contribution is 2.38. The Morgan fingerprint density at radius 1 is 1.53 bits per heavy atom. The lowest BCUT2D eigenvalue weighted by Gasteiger charge is -2.18. The quantitative estimate of drug-likeness (QED) is 0.665. The molecule has 5 heteroatoms. The molecule has 0 spiro atoms. The lowest BCUT2D eigenvalue weighted by molar-refractivity contribution is 0.112. The molecule has 2 rings (SSSR count). The Morgan fingerprint density at radius 2 is 2.29 bits per heavy atom. The molecule has 0 radical (unpaired) electrons. The van der Waals surface area contributed by atoms with Crippen LogP contribution in [0.1, 0.15) is 43.5 Å². The van der Waals surface area contributed by atoms with Crippen LogP contribution in [-0.2, 0) is 0 Å². The second kappa shape index (κ2) is 4.61. The predicted octanol–water partition coefficient (Wildman–Crippen LogP) is 2.93. The van der Waals surface area contributed by atoms with Gasteiger partial charge in [-0.1, -0.05) is 25.4 Å². The Morgan fingerprint density at radius 3 is 2.88 bits per heavy atom. The minimum absolute atomic E-state index is 0.203. The summed E-state index contributed by atoms with van der Waals surface area (Å²) in [5.74, 6) is 0.544. The average Bonchev–Trinajstić information content (AvgIpc) is 2.58. The van der Waals surface area contributed by atoms with Gasteiger partial charge in [0.05, 0.1) is 5.56 Å². The number of aldehydes is 1. The SMILES string of the molecule is CC1(C)CCC(Nc2ncnc(Cl)c2C=O)C1. The number of hydrogen-bond acceptors (Lipinski definition) is 4. The fourth-order valence-corrected chi connectivity index (χ4v) is 2.52. The molecule has 1 aliphatic carbocycles. The molecule has 1 aliphatic rings. The normalized spacial score (nSPS) is 22.4. The maximum absolute atomic E-state index is 10.9. The molecular formula is C12H16ClN3O. The van der Waals surface area contributed by atoms with Crippen molar-refractivity contribution in [3.8, 4) is 0 Å². The molecule has 1 N–H and O–H groups in total. The molecule has 0 saturated heterocycles. The van der Waals surface area contributed by atoms with E-state index in [1.54, 1.807) is 0 Å². The first kappa shape index (κ1) is 12.3. The van der Waals surface area contributed by atoms with Crippen molar-refractivity contribution in [1.82, 2.24) is 9.97 Å². The number of carbonyl (C=O) groups excluding carboxylic acids is 1. The first-order valence-corrected chi connectivity index (χ1v) is 6.12. The monoisotopic (exact) mass is 253 g/mol. The molecule has 17 heavy (non-hydrogen) atoms. The van der Waals surface area contributed by atoms with E-state index in [1.165, 1.54) is 12.7 Å². The van der Waals surface area contributed by atoms with Crippen molar-refractivity contribution in [3.63, 3.8) is 0 Å². The number of nitrogens with zero attached hydrogens (tertiary/aromatic N) is 2. The second-order valence-corrected chi connectivity index (χ2v) is 5.65. The first-order chi connectivity index (χ1) is 8.02. The van der Waals surface area contributed by atoms with Crippen LogP contribution in [0.2, 0.25) is 5.15 Å². The van der Waals surface area contributed by atoms with Crippen molar-refractivity contribution in [2.75, 3.05) is 5.32 Å². The number of rotatable bonds is 3. The number of anilines is 1. The Labute approximate surface area is 106 Å². The van der Waals surface area contributed by atoms with Crippen LogP contribution < -0.4 is 5.32 Å². The Kier molecular flexibility index (Phi) is 3.33. The van der Waals surface area contributed by atoms with E-state index >= 15 is 0 Å². The summed E-state index contributed by atoms with van der Waals surface area (Å²) in [5, 5.41) is 3.49. The number of carbonyl (C=O) groups is 1. The summed E-state index contributed by atoms with van der Waals surface area (Å²) in [4.78, 5) is 18.8. The standard InChI is InChI=1S/C12H16ClN3O/c1-12(2)4-3-8(5-12)16-11-9(6-17)10(13)14-7-15-11/h6-8H,3-5H2,1-2H3,(H,14,15,16). The van der Waals surface area contributed by atoms with Crippen molar-refractivity contribution in [2.24, 2.45) is 5.41 Å². The highest BCUT2D eigenvalue weighted by Gasteiger charge is 2.31. The summed E-state index contributed by atoms with van der Waals surface area (Å²) in [6.45, 7) is 4.50. The fourth-order valence-electron chi connectivity index (χ4n) is 2.35. The van der Waals surface area contributed by atoms with Gasteiger partial charge in [0.1, 0.15) is 17.3 Å². The Bertz CT molecular complexity index is 434. The van der Waals surface area contributed by atoms with Gasteiger partial charge in [0.2, 0.25) is 0 Å². The van der Waals surface area contributed by atoms with Crippen molar-refractivity contribution >= 4 is 23.7 Å². The molecule has 0 aliphatic heterocycles. The van der Waals surface area contributed by atoms with Crippen LogP contribution in [0.5, 0.6) is 0 Å². The molecule has 0 aromatic carbocycles. The lowest BCUT2D eigenvalue weighted by Crippen LogP contribution is -2.19. The van der Waals surface area contributed by atoms with Gasteiger partial charge in [0.25, 0.3) is 0 Å². The molecule has 0 amide bonds. The van der Waals surface area contributed by atoms with Gasteiger partial charge in [-0.15, -0.1) is 0 Å². The maximum atomic E-state index is 10.9. The third kappa shape index (κ3) is 2.75. The van der Waals surface area contributed by atoms with Gasteiger partial charge in [-0.2, -0.15) is 0 Å². The molecule has 0 bridgehead atoms. The third-order valence-corrected chi connectivity index (χ3v) is 3.56. The molecule has 1 aromatic rings. The minimum atomic E-state index is 0.203. The van der Waals surface area contributed by atoms with Gasteiger partial charge in [-0.25, -0.2) is 9.97 Å². The van der Waals surface area contributed by atoms with Gasteiger partial charge in [-0.05, 0) is 24.7 Å². The number of aromatic nitrogens is 2. The number of hydrogen-bond donors (Lipinski definition) is 1. The highest BCUT2D eigenvalue weighted by atomic mass is 35.5. The van der Waals surface area contributed by atoms with Gasteiger partial charge in [-0.3, -0.25) is 4.79 Å². The van der Waals surface area contributed by atoms with E-state index in [2.05, 4.69) is 29.1 Å². The second-order valence-electron chi connectivity index (χ2n) is 5.29. The van der Waals surface area contributed by atoms with E-state index < -0.39 is 0 Å². The lowest BCUT2D eigenvalue weighted by atomic mass is 9.92. The van der Waals surface area contributed by atoms with Crippen molar-refractivity contribution in [3.05, 3.63) is 17.0 Å². The molecule has 92 valence electrons. The van der Waals surface area contributed by atoms with Crippen LogP contribution in [0.3, 0.4) is 0 Å². The van der Waals surface area contributed by atoms with Gasteiger partial charge in [0.15, 0.2) is 6.29 Å². The molecular weight excluding hydrogens is 238 g/mol. The molecule has 1 saturated carbocycles. The zero-order valence-corrected chi connectivity index (χ0v) is 10.8. The van der Waals surface area contributed by atoms with Crippen molar-refractivity contribution < 1.29 is 4.79 Å². The van der Waals surface area contributed by atoms with E-state index in [0.717, 1.165) is 12.8 Å². The van der Waals surface area contributed by atoms with Crippen molar-refractivity contribution in [1.29, 1.82) is 0 Å². The molecule has 1 atom stereocenters. The first-order valence-electron chi connectivity index (χ1n) is 5.74. The van der Waals surface area contributed by atoms with E-state index in [0.29, 0.717) is 29.1 Å². The molecule has 1 heterocycles. The summed E-state index contributed by atoms with van der Waals surface area (Å²) < 4.78 is 0. The Hall–Kier alpha value is -1.16. The largest absolute Gasteiger partial charge is 0.367 e. The zero-order chi connectivity index (χ0) is 12.5. The number of nitrogens with one attached hydrogen (secondary N) is 1. The van der Waals surface area contributed by atoms with E-state index in [4.69, 9.17) is 11.6 Å². The fraction of sp³-hybridized carbons (Fsp3) is 0.583. The van der Waals surface area contributed by atoms with Crippen LogP contribution in [0.15, 0.2) is 6.33 Å². The van der Waals surface area contributed by atoms with Crippen LogP contribution in [0.25, 0.3) is 0 Å². The summed E-state index contributed by atoms with van der Waals surface area (Å²) in [5.41, 5.74) is 0.703. The van der Waals surface area contributed by atoms with Gasteiger partial charge >= 0.3 is 0 Å². The third-order valence-electron chi connectivity index (χ3n) is 3.26. The highest BCUT2D eigenvalue weighted by molar-refractivity contribution is 6.32. The van der Waals surface area contributed by atoms with E-state index in [9.17, 15) is 4.79 Å². The van der Waals surface area contributed by atoms with E-state index in [1.807, 2.05) is 0 Å². The Balaban J connectivity index is 2.14.